The average Bonchev–Trinajstić information content (AvgIpc) is 1.21. The van der Waals surface area contributed by atoms with Crippen molar-refractivity contribution in [3.8, 4) is 0 Å². The first kappa shape index (κ1) is 9.34. The first-order chi connectivity index (χ1) is 3.42. The fourth-order valence-corrected chi connectivity index (χ4v) is 1.39. The third kappa shape index (κ3) is 7.34. The highest BCUT2D eigenvalue weighted by Gasteiger charge is 2.20. The quantitative estimate of drug-likeness (QED) is 0.381. The Balaban J connectivity index is 3.39. The van der Waals surface area contributed by atoms with Gasteiger partial charge >= 0.3 is 0 Å². The molecule has 0 amide bonds. The van der Waals surface area contributed by atoms with E-state index in [1.54, 1.807) is 0 Å². The topological polar surface area (TPSA) is 60.7 Å². The van der Waals surface area contributed by atoms with E-state index in [9.17, 15) is 0 Å². The summed E-state index contributed by atoms with van der Waals surface area (Å²) >= 11 is 3.95. The van der Waals surface area contributed by atoms with E-state index in [1.165, 1.54) is 0 Å². The second-order valence-electron chi connectivity index (χ2n) is 1.37. The van der Waals surface area contributed by atoms with Gasteiger partial charge in [-0.05, 0) is 0 Å². The van der Waals surface area contributed by atoms with Crippen LogP contribution in [-0.4, -0.2) is 23.2 Å². The van der Waals surface area contributed by atoms with Crippen LogP contribution in [0.25, 0.3) is 0 Å². The third-order valence-electron chi connectivity index (χ3n) is 0.428. The van der Waals surface area contributed by atoms with E-state index in [-0.39, 0.29) is 8.35 Å². The summed E-state index contributed by atoms with van der Waals surface area (Å²) in [5.74, 6) is -2.49. The molecule has 0 aromatic rings. The smallest absolute Gasteiger partial charge is 0.277 e. The van der Waals surface area contributed by atoms with Crippen LogP contribution in [0.15, 0.2) is 0 Å². The Hall–Kier alpha value is 1.34. The largest absolute Gasteiger partial charge is 0.344 e. The summed E-state index contributed by atoms with van der Waals surface area (Å²) in [6.07, 6.45) is -0.0336. The van der Waals surface area contributed by atoms with Crippen LogP contribution in [0.5, 0.6) is 0 Å². The Kier molecular flexibility index (Phi) is 4.08. The van der Waals surface area contributed by atoms with Crippen molar-refractivity contribution in [2.24, 2.45) is 0 Å². The van der Waals surface area contributed by atoms with Crippen molar-refractivity contribution >= 4 is 45.2 Å². The lowest BCUT2D eigenvalue weighted by Crippen LogP contribution is -2.28. The molecule has 0 aliphatic rings. The molecule has 0 aromatic heterocycles. The fourth-order valence-electron chi connectivity index (χ4n) is 0.207. The minimum atomic E-state index is -2.49. The Bertz CT molecular complexity index is 67.4. The molecule has 0 unspecified atom stereocenters. The first-order valence-electron chi connectivity index (χ1n) is 1.87. The van der Waals surface area contributed by atoms with Gasteiger partial charge in [0.2, 0.25) is 0 Å². The summed E-state index contributed by atoms with van der Waals surface area (Å²) < 4.78 is 0.0326. The number of hydrogen-bond donors (Lipinski definition) is 3. The van der Waals surface area contributed by atoms with E-state index >= 15 is 0 Å². The van der Waals surface area contributed by atoms with Crippen molar-refractivity contribution in [1.82, 2.24) is 0 Å². The Morgan fingerprint density at radius 3 is 1.62 bits per heavy atom. The van der Waals surface area contributed by atoms with Crippen molar-refractivity contribution in [2.75, 3.05) is 0 Å². The first-order valence-corrected chi connectivity index (χ1v) is 4.36. The van der Waals surface area contributed by atoms with E-state index in [4.69, 9.17) is 15.3 Å². The van der Waals surface area contributed by atoms with E-state index in [0.29, 0.717) is 0 Å². The predicted molar refractivity (Wildman–Crippen MR) is 45.8 cm³/mol. The van der Waals surface area contributed by atoms with Crippen LogP contribution in [0.3, 0.4) is 0 Å². The van der Waals surface area contributed by atoms with Crippen LogP contribution in [-0.2, 0) is 0 Å². The molecule has 0 spiro atoms. The van der Waals surface area contributed by atoms with Gasteiger partial charge in [0, 0.05) is 6.42 Å². The lowest BCUT2D eigenvalue weighted by atomic mass is 10.4. The lowest BCUT2D eigenvalue weighted by molar-refractivity contribution is -0.311. The van der Waals surface area contributed by atoms with E-state index in [2.05, 4.69) is 0 Å². The van der Waals surface area contributed by atoms with Gasteiger partial charge in [0.15, 0.2) is 0 Å². The average molecular weight is 344 g/mol. The summed E-state index contributed by atoms with van der Waals surface area (Å²) in [7, 11) is 0. The zero-order valence-corrected chi connectivity index (χ0v) is 8.20. The number of alkyl halides is 2. The summed E-state index contributed by atoms with van der Waals surface area (Å²) in [5.41, 5.74) is 0. The number of rotatable bonds is 2. The van der Waals surface area contributed by atoms with Crippen molar-refractivity contribution in [1.29, 1.82) is 0 Å². The second-order valence-corrected chi connectivity index (χ2v) is 6.76. The van der Waals surface area contributed by atoms with Crippen LogP contribution >= 0.6 is 45.2 Å². The molecular formula is C3H6I2O3. The molecule has 0 aliphatic heterocycles. The molecule has 5 heteroatoms. The maximum Gasteiger partial charge on any atom is 0.277 e. The highest BCUT2D eigenvalue weighted by Crippen LogP contribution is 2.19. The van der Waals surface area contributed by atoms with Gasteiger partial charge in [-0.25, -0.2) is 0 Å². The molecule has 0 heterocycles. The zero-order chi connectivity index (χ0) is 6.78. The predicted octanol–water partition coefficient (Wildman–Crippen LogP) is 0.203. The van der Waals surface area contributed by atoms with Gasteiger partial charge in [-0.2, -0.15) is 0 Å². The Labute approximate surface area is 74.4 Å². The van der Waals surface area contributed by atoms with Crippen molar-refractivity contribution in [3.05, 3.63) is 0 Å². The molecule has 0 saturated carbocycles. The van der Waals surface area contributed by atoms with Crippen LogP contribution in [0.1, 0.15) is 6.42 Å². The maximum atomic E-state index is 8.29. The SMILES string of the molecule is OC(O)(O)CC(I)I. The van der Waals surface area contributed by atoms with Crippen molar-refractivity contribution in [2.45, 2.75) is 14.3 Å². The van der Waals surface area contributed by atoms with Gasteiger partial charge in [0.05, 0.1) is 1.93 Å². The highest BCUT2D eigenvalue weighted by atomic mass is 127. The maximum absolute atomic E-state index is 8.29. The van der Waals surface area contributed by atoms with E-state index in [0.717, 1.165) is 0 Å². The highest BCUT2D eigenvalue weighted by molar-refractivity contribution is 14.2. The number of halogens is 2. The molecule has 8 heavy (non-hydrogen) atoms. The molecule has 0 aliphatic carbocycles. The van der Waals surface area contributed by atoms with Gasteiger partial charge in [-0.3, -0.25) is 0 Å². The zero-order valence-electron chi connectivity index (χ0n) is 3.88. The minimum absolute atomic E-state index is 0.0326. The Morgan fingerprint density at radius 2 is 1.62 bits per heavy atom. The van der Waals surface area contributed by atoms with Gasteiger partial charge in [-0.1, -0.05) is 45.2 Å². The minimum Gasteiger partial charge on any atom is -0.344 e. The van der Waals surface area contributed by atoms with Crippen LogP contribution in [0.2, 0.25) is 0 Å². The third-order valence-corrected chi connectivity index (χ3v) is 1.31. The Morgan fingerprint density at radius 1 is 1.25 bits per heavy atom. The van der Waals surface area contributed by atoms with Crippen LogP contribution < -0.4 is 0 Å². The molecule has 0 radical (unpaired) electrons. The van der Waals surface area contributed by atoms with Crippen LogP contribution in [0, 0.1) is 0 Å². The normalized spacial score (nSPS) is 12.8. The monoisotopic (exact) mass is 344 g/mol. The number of hydrogen-bond acceptors (Lipinski definition) is 3. The molecule has 0 fully saturated rings. The summed E-state index contributed by atoms with van der Waals surface area (Å²) in [5, 5.41) is 24.9. The van der Waals surface area contributed by atoms with E-state index < -0.39 is 5.97 Å². The van der Waals surface area contributed by atoms with Crippen molar-refractivity contribution < 1.29 is 15.3 Å². The molecular weight excluding hydrogens is 338 g/mol. The standard InChI is InChI=1S/C3H6I2O3/c4-2(5)1-3(6,7)8/h2,6-8H,1H2. The molecule has 50 valence electrons. The van der Waals surface area contributed by atoms with Gasteiger partial charge in [0.25, 0.3) is 5.97 Å². The summed E-state index contributed by atoms with van der Waals surface area (Å²) in [6, 6.07) is 0. The number of aliphatic hydroxyl groups is 3. The van der Waals surface area contributed by atoms with Gasteiger partial charge in [0.1, 0.15) is 0 Å². The van der Waals surface area contributed by atoms with Crippen LogP contribution in [0.4, 0.5) is 0 Å². The second kappa shape index (κ2) is 3.49. The molecule has 0 saturated heterocycles. The van der Waals surface area contributed by atoms with Gasteiger partial charge in [-0.15, -0.1) is 0 Å². The van der Waals surface area contributed by atoms with E-state index in [1.807, 2.05) is 45.2 Å². The van der Waals surface area contributed by atoms with Gasteiger partial charge < -0.3 is 15.3 Å². The summed E-state index contributed by atoms with van der Waals surface area (Å²) in [6.45, 7) is 0. The lowest BCUT2D eigenvalue weighted by Gasteiger charge is -2.13. The molecule has 0 bridgehead atoms. The van der Waals surface area contributed by atoms with Crippen molar-refractivity contribution in [3.63, 3.8) is 0 Å². The molecule has 3 N–H and O–H groups in total. The molecule has 0 atom stereocenters. The fraction of sp³-hybridized carbons (Fsp3) is 1.00. The summed E-state index contributed by atoms with van der Waals surface area (Å²) in [4.78, 5) is 0. The molecule has 0 aromatic carbocycles. The molecule has 3 nitrogen and oxygen atoms in total. The molecule has 0 rings (SSSR count).